The summed E-state index contributed by atoms with van der Waals surface area (Å²) in [6.07, 6.45) is 2.88. The molecule has 31 heavy (non-hydrogen) atoms. The molecule has 1 aromatic carbocycles. The summed E-state index contributed by atoms with van der Waals surface area (Å²) in [5.74, 6) is 0.297. The summed E-state index contributed by atoms with van der Waals surface area (Å²) >= 11 is 0. The van der Waals surface area contributed by atoms with E-state index in [2.05, 4.69) is 20.1 Å². The van der Waals surface area contributed by atoms with Gasteiger partial charge in [-0.2, -0.15) is 5.10 Å². The van der Waals surface area contributed by atoms with Gasteiger partial charge < -0.3 is 5.32 Å². The van der Waals surface area contributed by atoms with Gasteiger partial charge >= 0.3 is 0 Å². The maximum atomic E-state index is 13.2. The molecule has 3 heterocycles. The van der Waals surface area contributed by atoms with Gasteiger partial charge in [-0.3, -0.25) is 0 Å². The van der Waals surface area contributed by atoms with E-state index in [1.165, 1.54) is 16.8 Å². The van der Waals surface area contributed by atoms with Crippen molar-refractivity contribution in [3.05, 3.63) is 48.3 Å². The molecule has 12 heteroatoms. The van der Waals surface area contributed by atoms with Gasteiger partial charge in [-0.15, -0.1) is 0 Å². The van der Waals surface area contributed by atoms with Crippen molar-refractivity contribution in [3.63, 3.8) is 0 Å². The zero-order chi connectivity index (χ0) is 21.8. The highest BCUT2D eigenvalue weighted by Crippen LogP contribution is 2.33. The summed E-state index contributed by atoms with van der Waals surface area (Å²) in [5.41, 5.74) is 0.556. The van der Waals surface area contributed by atoms with Crippen molar-refractivity contribution in [3.8, 4) is 0 Å². The predicted molar refractivity (Wildman–Crippen MR) is 111 cm³/mol. The topological polar surface area (TPSA) is 123 Å². The summed E-state index contributed by atoms with van der Waals surface area (Å²) in [6.45, 7) is 0. The van der Waals surface area contributed by atoms with Crippen LogP contribution in [0.25, 0.3) is 5.65 Å². The fourth-order valence-electron chi connectivity index (χ4n) is 3.96. The largest absolute Gasteiger partial charge is 0.367 e. The van der Waals surface area contributed by atoms with Crippen LogP contribution >= 0.6 is 0 Å². The van der Waals surface area contributed by atoms with Gasteiger partial charge in [0.25, 0.3) is 0 Å². The zero-order valence-corrected chi connectivity index (χ0v) is 17.9. The van der Waals surface area contributed by atoms with E-state index in [9.17, 15) is 21.2 Å². The highest BCUT2D eigenvalue weighted by molar-refractivity contribution is 7.91. The number of benzene rings is 1. The van der Waals surface area contributed by atoms with Crippen molar-refractivity contribution in [2.24, 2.45) is 0 Å². The third-order valence-corrected chi connectivity index (χ3v) is 8.94. The first kappa shape index (κ1) is 20.3. The van der Waals surface area contributed by atoms with E-state index in [4.69, 9.17) is 0 Å². The van der Waals surface area contributed by atoms with Crippen LogP contribution in [-0.4, -0.2) is 49.4 Å². The Balaban J connectivity index is 1.46. The molecule has 1 saturated carbocycles. The maximum absolute atomic E-state index is 13.2. The second-order valence-electron chi connectivity index (χ2n) is 7.82. The fraction of sp³-hybridized carbons (Fsp3) is 0.368. The van der Waals surface area contributed by atoms with Gasteiger partial charge in [0.2, 0.25) is 10.0 Å². The van der Waals surface area contributed by atoms with Crippen LogP contribution in [0.15, 0.2) is 52.5 Å². The number of halogens is 1. The van der Waals surface area contributed by atoms with Crippen LogP contribution in [0.4, 0.5) is 10.2 Å². The average molecular weight is 466 g/mol. The lowest BCUT2D eigenvalue weighted by Crippen LogP contribution is -2.36. The van der Waals surface area contributed by atoms with Crippen LogP contribution in [0.1, 0.15) is 30.9 Å². The quantitative estimate of drug-likeness (QED) is 0.589. The Morgan fingerprint density at radius 2 is 1.94 bits per heavy atom. The Kier molecular flexibility index (Phi) is 4.75. The van der Waals surface area contributed by atoms with Crippen molar-refractivity contribution in [1.82, 2.24) is 19.3 Å². The second-order valence-corrected chi connectivity index (χ2v) is 11.6. The van der Waals surface area contributed by atoms with Gasteiger partial charge in [0.05, 0.1) is 16.8 Å². The van der Waals surface area contributed by atoms with Gasteiger partial charge in [-0.1, -0.05) is 18.2 Å². The molecule has 1 fully saturated rings. The van der Waals surface area contributed by atoms with Crippen LogP contribution < -0.4 is 10.0 Å². The summed E-state index contributed by atoms with van der Waals surface area (Å²) in [6, 6.07) is 7.33. The Bertz CT molecular complexity index is 1370. The SMILES string of the molecule is O=S1(=O)CCC(NS(=O)(=O)c2cnn3ccc(NC4CC(F)C4)nc23)c2ccccc21. The molecule has 0 bridgehead atoms. The van der Waals surface area contributed by atoms with E-state index in [-0.39, 0.29) is 33.7 Å². The molecule has 2 aliphatic rings. The highest BCUT2D eigenvalue weighted by atomic mass is 32.2. The molecule has 164 valence electrons. The molecule has 0 amide bonds. The van der Waals surface area contributed by atoms with Crippen molar-refractivity contribution in [2.75, 3.05) is 11.1 Å². The number of fused-ring (bicyclic) bond motifs is 2. The van der Waals surface area contributed by atoms with Crippen LogP contribution in [0.3, 0.4) is 0 Å². The van der Waals surface area contributed by atoms with Gasteiger partial charge in [0, 0.05) is 18.3 Å². The monoisotopic (exact) mass is 465 g/mol. The Hall–Kier alpha value is -2.57. The van der Waals surface area contributed by atoms with Crippen LogP contribution in [0, 0.1) is 0 Å². The molecule has 2 aromatic heterocycles. The Labute approximate surface area is 178 Å². The summed E-state index contributed by atoms with van der Waals surface area (Å²) < 4.78 is 68.0. The molecule has 1 aliphatic carbocycles. The van der Waals surface area contributed by atoms with E-state index in [0.717, 1.165) is 0 Å². The van der Waals surface area contributed by atoms with Crippen molar-refractivity contribution >= 4 is 31.3 Å². The molecule has 0 radical (unpaired) electrons. The Morgan fingerprint density at radius 1 is 1.16 bits per heavy atom. The summed E-state index contributed by atoms with van der Waals surface area (Å²) in [4.78, 5) is 4.39. The molecule has 0 spiro atoms. The van der Waals surface area contributed by atoms with E-state index in [1.54, 1.807) is 30.5 Å². The van der Waals surface area contributed by atoms with Crippen molar-refractivity contribution in [1.29, 1.82) is 0 Å². The van der Waals surface area contributed by atoms with E-state index < -0.39 is 32.1 Å². The molecule has 5 rings (SSSR count). The smallest absolute Gasteiger partial charge is 0.246 e. The summed E-state index contributed by atoms with van der Waals surface area (Å²) in [7, 11) is -7.48. The van der Waals surface area contributed by atoms with Gasteiger partial charge in [-0.25, -0.2) is 35.4 Å². The predicted octanol–water partition coefficient (Wildman–Crippen LogP) is 1.84. The molecule has 9 nitrogen and oxygen atoms in total. The molecule has 1 unspecified atom stereocenters. The number of sulfonamides is 1. The van der Waals surface area contributed by atoms with Crippen molar-refractivity contribution < 1.29 is 21.2 Å². The van der Waals surface area contributed by atoms with E-state index in [0.29, 0.717) is 24.2 Å². The summed E-state index contributed by atoms with van der Waals surface area (Å²) in [5, 5.41) is 7.16. The first-order valence-electron chi connectivity index (χ1n) is 9.82. The molecule has 2 N–H and O–H groups in total. The number of anilines is 1. The lowest BCUT2D eigenvalue weighted by atomic mass is 9.91. The lowest BCUT2D eigenvalue weighted by molar-refractivity contribution is 0.192. The number of hydrogen-bond donors (Lipinski definition) is 2. The standard InChI is InChI=1S/C19H20FN5O4S2/c20-12-9-13(10-12)22-18-5-7-25-19(23-18)17(11-21-25)31(28,29)24-15-6-8-30(26,27)16-4-2-1-3-14(15)16/h1-5,7,11-13,15,24H,6,8-10H2,(H,22,23). The number of sulfone groups is 1. The minimum Gasteiger partial charge on any atom is -0.367 e. The molecule has 3 aromatic rings. The van der Waals surface area contributed by atoms with Crippen LogP contribution in [-0.2, 0) is 19.9 Å². The number of rotatable bonds is 5. The first-order chi connectivity index (χ1) is 14.7. The zero-order valence-electron chi connectivity index (χ0n) is 16.3. The van der Waals surface area contributed by atoms with Gasteiger partial charge in [-0.05, 0) is 37.0 Å². The third-order valence-electron chi connectivity index (χ3n) is 5.66. The highest BCUT2D eigenvalue weighted by Gasteiger charge is 2.34. The minimum atomic E-state index is -4.05. The number of nitrogens with zero attached hydrogens (tertiary/aromatic N) is 3. The normalized spacial score (nSPS) is 25.0. The maximum Gasteiger partial charge on any atom is 0.246 e. The van der Waals surface area contributed by atoms with Gasteiger partial charge in [0.15, 0.2) is 15.5 Å². The number of alkyl halides is 1. The minimum absolute atomic E-state index is 0.0354. The Morgan fingerprint density at radius 3 is 2.71 bits per heavy atom. The molecular weight excluding hydrogens is 445 g/mol. The second kappa shape index (κ2) is 7.24. The molecular formula is C19H20FN5O4S2. The van der Waals surface area contributed by atoms with Crippen molar-refractivity contribution in [2.45, 2.75) is 47.3 Å². The van der Waals surface area contributed by atoms with E-state index in [1.807, 2.05) is 0 Å². The fourth-order valence-corrected chi connectivity index (χ4v) is 6.89. The number of aromatic nitrogens is 3. The third kappa shape index (κ3) is 3.68. The number of nitrogens with one attached hydrogen (secondary N) is 2. The number of hydrogen-bond acceptors (Lipinski definition) is 7. The molecule has 0 saturated heterocycles. The first-order valence-corrected chi connectivity index (χ1v) is 13.0. The lowest BCUT2D eigenvalue weighted by Gasteiger charge is -2.30. The van der Waals surface area contributed by atoms with Gasteiger partial charge in [0.1, 0.15) is 16.9 Å². The average Bonchev–Trinajstić information content (AvgIpc) is 3.14. The van der Waals surface area contributed by atoms with E-state index >= 15 is 0 Å². The van der Waals surface area contributed by atoms with Crippen LogP contribution in [0.5, 0.6) is 0 Å². The molecule has 1 atom stereocenters. The molecule has 1 aliphatic heterocycles. The van der Waals surface area contributed by atoms with Crippen LogP contribution in [0.2, 0.25) is 0 Å².